The number of allylic oxidation sites excluding steroid dienone is 1. The molecule has 2 rings (SSSR count). The molecule has 0 radical (unpaired) electrons. The van der Waals surface area contributed by atoms with Crippen LogP contribution in [0.25, 0.3) is 17.3 Å². The SMILES string of the molecule is CC(C)(C)N.CC(C)c1nc(N(C)S(C)(=O)=O)nc(-c2ccc(F)cc2)c1/C=C/[C@@H](C)C[C@@H](O)CC(=O)O. The standard InChI is InChI=1S/C23H30FN3O5S.C4H11N/c1-14(2)21-19(11-6-15(3)12-18(28)13-20(29)30)22(16-7-9-17(24)10-8-16)26-23(25-21)27(4)33(5,31)32;1-4(2,3)5/h6-11,14-15,18,28H,12-13H2,1-5H3,(H,29,30);5H2,1-3H3/b11-6+;/t15-,18-;/m1./s1. The van der Waals surface area contributed by atoms with Gasteiger partial charge in [-0.3, -0.25) is 4.79 Å². The normalized spacial score (nSPS) is 13.7. The van der Waals surface area contributed by atoms with E-state index in [4.69, 9.17) is 10.8 Å². The first-order valence-electron chi connectivity index (χ1n) is 12.3. The maximum Gasteiger partial charge on any atom is 0.305 e. The van der Waals surface area contributed by atoms with Gasteiger partial charge in [0.2, 0.25) is 16.0 Å². The highest BCUT2D eigenvalue weighted by Gasteiger charge is 2.22. The van der Waals surface area contributed by atoms with Crippen molar-refractivity contribution < 1.29 is 27.8 Å². The van der Waals surface area contributed by atoms with Gasteiger partial charge in [0, 0.05) is 23.7 Å². The molecule has 9 nitrogen and oxygen atoms in total. The van der Waals surface area contributed by atoms with Crippen LogP contribution in [0.5, 0.6) is 0 Å². The molecule has 0 aliphatic rings. The van der Waals surface area contributed by atoms with Gasteiger partial charge in [-0.1, -0.05) is 32.9 Å². The number of benzene rings is 1. The molecule has 1 heterocycles. The molecule has 0 spiro atoms. The highest BCUT2D eigenvalue weighted by atomic mass is 32.2. The molecule has 212 valence electrons. The number of aromatic nitrogens is 2. The first-order valence-corrected chi connectivity index (χ1v) is 14.1. The summed E-state index contributed by atoms with van der Waals surface area (Å²) in [6.07, 6.45) is 3.60. The van der Waals surface area contributed by atoms with Gasteiger partial charge in [0.15, 0.2) is 0 Å². The van der Waals surface area contributed by atoms with Crippen LogP contribution in [0, 0.1) is 11.7 Å². The number of hydrogen-bond donors (Lipinski definition) is 3. The van der Waals surface area contributed by atoms with E-state index in [1.165, 1.54) is 19.2 Å². The maximum absolute atomic E-state index is 13.5. The summed E-state index contributed by atoms with van der Waals surface area (Å²) < 4.78 is 38.7. The van der Waals surface area contributed by atoms with Crippen molar-refractivity contribution in [2.45, 2.75) is 71.9 Å². The highest BCUT2D eigenvalue weighted by Crippen LogP contribution is 2.32. The van der Waals surface area contributed by atoms with E-state index >= 15 is 0 Å². The van der Waals surface area contributed by atoms with Crippen molar-refractivity contribution in [3.05, 3.63) is 47.4 Å². The number of aliphatic hydroxyl groups excluding tert-OH is 1. The Kier molecular flexibility index (Phi) is 12.0. The number of halogens is 1. The van der Waals surface area contributed by atoms with E-state index in [2.05, 4.69) is 9.97 Å². The van der Waals surface area contributed by atoms with Crippen LogP contribution in [0.4, 0.5) is 10.3 Å². The van der Waals surface area contributed by atoms with E-state index in [0.717, 1.165) is 10.6 Å². The Labute approximate surface area is 225 Å². The van der Waals surface area contributed by atoms with E-state index in [9.17, 15) is 22.7 Å². The van der Waals surface area contributed by atoms with Crippen molar-refractivity contribution >= 4 is 28.0 Å². The van der Waals surface area contributed by atoms with Crippen LogP contribution in [0.15, 0.2) is 30.3 Å². The predicted octanol–water partition coefficient (Wildman–Crippen LogP) is 4.42. The predicted molar refractivity (Wildman–Crippen MR) is 150 cm³/mol. The summed E-state index contributed by atoms with van der Waals surface area (Å²) in [5.74, 6) is -1.73. The fourth-order valence-electron chi connectivity index (χ4n) is 3.25. The molecule has 2 atom stereocenters. The van der Waals surface area contributed by atoms with Crippen LogP contribution in [0.1, 0.15) is 71.6 Å². The summed E-state index contributed by atoms with van der Waals surface area (Å²) in [6.45, 7) is 11.6. The topological polar surface area (TPSA) is 147 Å². The minimum atomic E-state index is -3.61. The number of carboxylic acids is 1. The first kappa shape index (κ1) is 33.1. The van der Waals surface area contributed by atoms with Crippen molar-refractivity contribution in [2.75, 3.05) is 17.6 Å². The Hall–Kier alpha value is -2.89. The molecule has 0 aliphatic heterocycles. The summed E-state index contributed by atoms with van der Waals surface area (Å²) in [6, 6.07) is 5.71. The second kappa shape index (κ2) is 13.8. The molecule has 0 aliphatic carbocycles. The molecule has 38 heavy (non-hydrogen) atoms. The summed E-state index contributed by atoms with van der Waals surface area (Å²) in [4.78, 5) is 19.8. The molecule has 0 fully saturated rings. The number of hydrogen-bond acceptors (Lipinski definition) is 7. The van der Waals surface area contributed by atoms with Gasteiger partial charge in [0.25, 0.3) is 0 Å². The third-order valence-corrected chi connectivity index (χ3v) is 6.21. The molecule has 11 heteroatoms. The summed E-state index contributed by atoms with van der Waals surface area (Å²) in [5, 5.41) is 18.8. The van der Waals surface area contributed by atoms with Gasteiger partial charge < -0.3 is 15.9 Å². The van der Waals surface area contributed by atoms with Crippen LogP contribution in [-0.4, -0.2) is 59.5 Å². The third kappa shape index (κ3) is 11.7. The molecule has 0 bridgehead atoms. The number of carbonyl (C=O) groups is 1. The molecule has 0 saturated carbocycles. The van der Waals surface area contributed by atoms with E-state index in [0.29, 0.717) is 22.5 Å². The lowest BCUT2D eigenvalue weighted by molar-refractivity contribution is -0.139. The average Bonchev–Trinajstić information content (AvgIpc) is 2.74. The minimum Gasteiger partial charge on any atom is -0.481 e. The number of carboxylic acid groups (broad SMARTS) is 1. The van der Waals surface area contributed by atoms with Gasteiger partial charge >= 0.3 is 5.97 Å². The highest BCUT2D eigenvalue weighted by molar-refractivity contribution is 7.92. The number of sulfonamides is 1. The smallest absolute Gasteiger partial charge is 0.305 e. The van der Waals surface area contributed by atoms with E-state index in [-0.39, 0.29) is 36.2 Å². The largest absolute Gasteiger partial charge is 0.481 e. The maximum atomic E-state index is 13.5. The van der Waals surface area contributed by atoms with Crippen molar-refractivity contribution in [3.63, 3.8) is 0 Å². The molecule has 0 amide bonds. The number of aliphatic hydroxyl groups is 1. The number of aliphatic carboxylic acids is 1. The van der Waals surface area contributed by atoms with Gasteiger partial charge in [-0.05, 0) is 63.3 Å². The molecule has 2 aromatic rings. The van der Waals surface area contributed by atoms with Crippen LogP contribution < -0.4 is 10.0 Å². The van der Waals surface area contributed by atoms with Gasteiger partial charge in [-0.2, -0.15) is 0 Å². The number of nitrogens with zero attached hydrogens (tertiary/aromatic N) is 3. The molecular weight excluding hydrogens is 511 g/mol. The van der Waals surface area contributed by atoms with E-state index < -0.39 is 27.9 Å². The van der Waals surface area contributed by atoms with E-state index in [1.54, 1.807) is 18.2 Å². The van der Waals surface area contributed by atoms with Crippen molar-refractivity contribution in [1.82, 2.24) is 9.97 Å². The van der Waals surface area contributed by atoms with Gasteiger partial charge in [0.1, 0.15) is 5.82 Å². The van der Waals surface area contributed by atoms with Crippen molar-refractivity contribution in [3.8, 4) is 11.3 Å². The van der Waals surface area contributed by atoms with Gasteiger partial charge in [-0.25, -0.2) is 27.1 Å². The molecular formula is C27H41FN4O5S. The Morgan fingerprint density at radius 3 is 2.13 bits per heavy atom. The lowest BCUT2D eigenvalue weighted by Crippen LogP contribution is -2.27. The molecule has 0 unspecified atom stereocenters. The van der Waals surface area contributed by atoms with Crippen molar-refractivity contribution in [1.29, 1.82) is 0 Å². The Morgan fingerprint density at radius 1 is 1.16 bits per heavy atom. The summed E-state index contributed by atoms with van der Waals surface area (Å²) in [7, 11) is -2.25. The summed E-state index contributed by atoms with van der Waals surface area (Å²) >= 11 is 0. The average molecular weight is 553 g/mol. The quantitative estimate of drug-likeness (QED) is 0.392. The second-order valence-electron chi connectivity index (χ2n) is 10.8. The number of nitrogens with two attached hydrogens (primary N) is 1. The second-order valence-corrected chi connectivity index (χ2v) is 12.8. The zero-order valence-electron chi connectivity index (χ0n) is 23.4. The monoisotopic (exact) mass is 552 g/mol. The zero-order chi connectivity index (χ0) is 29.4. The fourth-order valence-corrected chi connectivity index (χ4v) is 3.63. The van der Waals surface area contributed by atoms with Crippen LogP contribution >= 0.6 is 0 Å². The Morgan fingerprint density at radius 2 is 1.68 bits per heavy atom. The molecule has 1 aromatic carbocycles. The first-order chi connectivity index (χ1) is 17.3. The zero-order valence-corrected chi connectivity index (χ0v) is 24.3. The Bertz CT molecular complexity index is 1200. The minimum absolute atomic E-state index is 0. The molecule has 1 aromatic heterocycles. The van der Waals surface area contributed by atoms with Crippen LogP contribution in [0.2, 0.25) is 0 Å². The number of rotatable bonds is 10. The lowest BCUT2D eigenvalue weighted by Gasteiger charge is -2.20. The lowest BCUT2D eigenvalue weighted by atomic mass is 9.95. The Balaban J connectivity index is 0.00000132. The van der Waals surface area contributed by atoms with Crippen molar-refractivity contribution in [2.24, 2.45) is 11.7 Å². The summed E-state index contributed by atoms with van der Waals surface area (Å²) in [5.41, 5.74) is 7.62. The van der Waals surface area contributed by atoms with Crippen LogP contribution in [0.3, 0.4) is 0 Å². The van der Waals surface area contributed by atoms with Gasteiger partial charge in [-0.15, -0.1) is 0 Å². The van der Waals surface area contributed by atoms with Gasteiger partial charge in [0.05, 0.1) is 30.2 Å². The third-order valence-electron chi connectivity index (χ3n) is 5.05. The van der Waals surface area contributed by atoms with E-state index in [1.807, 2.05) is 47.6 Å². The number of anilines is 1. The molecule has 4 N–H and O–H groups in total. The van der Waals surface area contributed by atoms with Crippen LogP contribution in [-0.2, 0) is 14.8 Å². The molecule has 0 saturated heterocycles. The fraction of sp³-hybridized carbons (Fsp3) is 0.519.